The van der Waals surface area contributed by atoms with Crippen molar-refractivity contribution in [3.8, 4) is 0 Å². The first-order valence-electron chi connectivity index (χ1n) is 5.62. The molecule has 0 aromatic carbocycles. The summed E-state index contributed by atoms with van der Waals surface area (Å²) in [6.45, 7) is 0. The van der Waals surface area contributed by atoms with Crippen LogP contribution < -0.4 is 0 Å². The lowest BCUT2D eigenvalue weighted by Gasteiger charge is -1.93. The van der Waals surface area contributed by atoms with Gasteiger partial charge in [0.15, 0.2) is 0 Å². The summed E-state index contributed by atoms with van der Waals surface area (Å²) in [4.78, 5) is 0. The highest BCUT2D eigenvalue weighted by Crippen LogP contribution is 2.03. The maximum Gasteiger partial charge on any atom is -0.0166 e. The lowest BCUT2D eigenvalue weighted by Crippen LogP contribution is -1.72. The average Bonchev–Trinajstić information content (AvgIpc) is 2.22. The van der Waals surface area contributed by atoms with E-state index >= 15 is 0 Å². The van der Waals surface area contributed by atoms with Crippen LogP contribution in [0.25, 0.3) is 0 Å². The molecular weight excluding hydrogens is 168 g/mol. The van der Waals surface area contributed by atoms with Gasteiger partial charge in [-0.3, -0.25) is 0 Å². The molecule has 0 saturated carbocycles. The number of hydrogen-bond acceptors (Lipinski definition) is 0. The van der Waals surface area contributed by atoms with Gasteiger partial charge in [0.2, 0.25) is 0 Å². The zero-order valence-electron chi connectivity index (χ0n) is 8.86. The van der Waals surface area contributed by atoms with Crippen LogP contribution in [0.4, 0.5) is 0 Å². The van der Waals surface area contributed by atoms with Gasteiger partial charge in [-0.25, -0.2) is 0 Å². The van der Waals surface area contributed by atoms with Crippen molar-refractivity contribution in [2.24, 2.45) is 0 Å². The van der Waals surface area contributed by atoms with Gasteiger partial charge in [-0.1, -0.05) is 48.6 Å². The second-order valence-corrected chi connectivity index (χ2v) is 3.55. The van der Waals surface area contributed by atoms with E-state index in [2.05, 4.69) is 48.6 Å². The minimum Gasteiger partial charge on any atom is -0.0882 e. The summed E-state index contributed by atoms with van der Waals surface area (Å²) < 4.78 is 0. The van der Waals surface area contributed by atoms with Crippen LogP contribution in [0.15, 0.2) is 48.6 Å². The summed E-state index contributed by atoms with van der Waals surface area (Å²) in [5, 5.41) is 0. The molecule has 0 heterocycles. The fraction of sp³-hybridized carbons (Fsp3) is 0.429. The summed E-state index contributed by atoms with van der Waals surface area (Å²) in [7, 11) is 0. The van der Waals surface area contributed by atoms with Crippen LogP contribution in [0.1, 0.15) is 38.5 Å². The molecule has 0 heteroatoms. The van der Waals surface area contributed by atoms with E-state index in [4.69, 9.17) is 0 Å². The predicted octanol–water partition coefficient (Wildman–Crippen LogP) is 4.57. The predicted molar refractivity (Wildman–Crippen MR) is 64.3 cm³/mol. The van der Waals surface area contributed by atoms with Crippen molar-refractivity contribution in [2.45, 2.75) is 38.5 Å². The first kappa shape index (κ1) is 11.0. The molecule has 0 saturated heterocycles. The van der Waals surface area contributed by atoms with Crippen molar-refractivity contribution in [2.75, 3.05) is 0 Å². The van der Waals surface area contributed by atoms with Gasteiger partial charge >= 0.3 is 0 Å². The average molecular weight is 188 g/mol. The third kappa shape index (κ3) is 6.47. The molecule has 1 aliphatic rings. The highest BCUT2D eigenvalue weighted by molar-refractivity contribution is 5.05. The van der Waals surface area contributed by atoms with Gasteiger partial charge in [-0.05, 0) is 38.5 Å². The van der Waals surface area contributed by atoms with Crippen molar-refractivity contribution in [1.82, 2.24) is 0 Å². The maximum absolute atomic E-state index is 2.30. The lowest BCUT2D eigenvalue weighted by molar-refractivity contribution is 0.761. The summed E-state index contributed by atoms with van der Waals surface area (Å²) in [5.41, 5.74) is 0. The van der Waals surface area contributed by atoms with Crippen molar-refractivity contribution in [3.05, 3.63) is 48.6 Å². The molecule has 1 rings (SSSR count). The van der Waals surface area contributed by atoms with Crippen LogP contribution in [0.2, 0.25) is 0 Å². The molecule has 0 bridgehead atoms. The molecule has 0 radical (unpaired) electrons. The van der Waals surface area contributed by atoms with E-state index in [1.54, 1.807) is 0 Å². The third-order valence-electron chi connectivity index (χ3n) is 2.25. The van der Waals surface area contributed by atoms with Gasteiger partial charge in [0.25, 0.3) is 0 Å². The van der Waals surface area contributed by atoms with Crippen LogP contribution in [0, 0.1) is 0 Å². The molecule has 0 atom stereocenters. The van der Waals surface area contributed by atoms with Gasteiger partial charge in [0.1, 0.15) is 0 Å². The Bertz CT molecular complexity index is 228. The minimum atomic E-state index is 1.05. The Hall–Kier alpha value is -1.04. The first-order chi connectivity index (χ1) is 7.00. The Kier molecular flexibility index (Phi) is 6.74. The highest BCUT2D eigenvalue weighted by atomic mass is 13.9. The van der Waals surface area contributed by atoms with E-state index in [1.807, 2.05) is 0 Å². The van der Waals surface area contributed by atoms with E-state index in [0.29, 0.717) is 0 Å². The molecule has 76 valence electrons. The van der Waals surface area contributed by atoms with E-state index in [-0.39, 0.29) is 0 Å². The molecular formula is C14H20. The van der Waals surface area contributed by atoms with E-state index in [1.165, 1.54) is 25.7 Å². The fourth-order valence-electron chi connectivity index (χ4n) is 1.42. The van der Waals surface area contributed by atoms with Crippen molar-refractivity contribution >= 4 is 0 Å². The molecule has 0 aliphatic heterocycles. The van der Waals surface area contributed by atoms with Crippen molar-refractivity contribution in [3.63, 3.8) is 0 Å². The monoisotopic (exact) mass is 188 g/mol. The first-order valence-corrected chi connectivity index (χ1v) is 5.62. The van der Waals surface area contributed by atoms with Crippen LogP contribution in [0.5, 0.6) is 0 Å². The van der Waals surface area contributed by atoms with E-state index < -0.39 is 0 Å². The summed E-state index contributed by atoms with van der Waals surface area (Å²) >= 11 is 0. The number of allylic oxidation sites excluding steroid dienone is 8. The molecule has 0 N–H and O–H groups in total. The van der Waals surface area contributed by atoms with Gasteiger partial charge < -0.3 is 0 Å². The normalized spacial score (nSPS) is 26.3. The molecule has 0 aromatic rings. The summed E-state index contributed by atoms with van der Waals surface area (Å²) in [6.07, 6.45) is 25.0. The van der Waals surface area contributed by atoms with Gasteiger partial charge in [-0.15, -0.1) is 0 Å². The SMILES string of the molecule is C1=CCCCC/C=C/C/C=C\C/C=C\1. The Balaban J connectivity index is 2.35. The molecule has 1 aliphatic carbocycles. The topological polar surface area (TPSA) is 0 Å². The molecule has 0 fully saturated rings. The zero-order valence-corrected chi connectivity index (χ0v) is 8.86. The third-order valence-corrected chi connectivity index (χ3v) is 2.25. The van der Waals surface area contributed by atoms with E-state index in [0.717, 1.165) is 12.8 Å². The summed E-state index contributed by atoms with van der Waals surface area (Å²) in [5.74, 6) is 0. The minimum absolute atomic E-state index is 1.05. The molecule has 0 aromatic heterocycles. The lowest BCUT2D eigenvalue weighted by atomic mass is 10.1. The second-order valence-electron chi connectivity index (χ2n) is 3.55. The van der Waals surface area contributed by atoms with Gasteiger partial charge in [-0.2, -0.15) is 0 Å². The van der Waals surface area contributed by atoms with Crippen molar-refractivity contribution in [1.29, 1.82) is 0 Å². The van der Waals surface area contributed by atoms with E-state index in [9.17, 15) is 0 Å². The van der Waals surface area contributed by atoms with Crippen LogP contribution in [0.3, 0.4) is 0 Å². The summed E-state index contributed by atoms with van der Waals surface area (Å²) in [6, 6.07) is 0. The Morgan fingerprint density at radius 2 is 1.07 bits per heavy atom. The largest absolute Gasteiger partial charge is 0.0882 e. The highest BCUT2D eigenvalue weighted by Gasteiger charge is 1.83. The molecule has 0 nitrogen and oxygen atoms in total. The quantitative estimate of drug-likeness (QED) is 0.489. The Morgan fingerprint density at radius 3 is 1.93 bits per heavy atom. The fourth-order valence-corrected chi connectivity index (χ4v) is 1.42. The Labute approximate surface area is 87.7 Å². The Morgan fingerprint density at radius 1 is 0.500 bits per heavy atom. The second kappa shape index (κ2) is 8.55. The van der Waals surface area contributed by atoms with Gasteiger partial charge in [0.05, 0.1) is 0 Å². The number of rotatable bonds is 0. The molecule has 0 spiro atoms. The maximum atomic E-state index is 2.30. The standard InChI is InChI=1S/C14H20/c1-2-4-6-8-10-12-14-13-11-9-7-5-3-1/h1-4,7,9,13-14H,5-6,8,10-12H2/b3-1-,4-2?,9-7-,14-13+. The molecule has 0 unspecified atom stereocenters. The van der Waals surface area contributed by atoms with Crippen LogP contribution >= 0.6 is 0 Å². The molecule has 0 amide bonds. The zero-order chi connectivity index (χ0) is 9.90. The van der Waals surface area contributed by atoms with Crippen LogP contribution in [-0.2, 0) is 0 Å². The van der Waals surface area contributed by atoms with Gasteiger partial charge in [0, 0.05) is 0 Å². The number of hydrogen-bond donors (Lipinski definition) is 0. The smallest absolute Gasteiger partial charge is 0.0166 e. The van der Waals surface area contributed by atoms with Crippen LogP contribution in [-0.4, -0.2) is 0 Å². The molecule has 14 heavy (non-hydrogen) atoms. The van der Waals surface area contributed by atoms with Crippen molar-refractivity contribution < 1.29 is 0 Å².